The van der Waals surface area contributed by atoms with Crippen LogP contribution in [0, 0.1) is 5.92 Å². The average Bonchev–Trinajstić information content (AvgIpc) is 2.63. The minimum atomic E-state index is 0.720. The largest absolute Gasteiger partial charge is 0.304 e. The van der Waals surface area contributed by atoms with E-state index >= 15 is 0 Å². The van der Waals surface area contributed by atoms with Crippen LogP contribution in [0.5, 0.6) is 0 Å². The van der Waals surface area contributed by atoms with E-state index in [2.05, 4.69) is 40.5 Å². The monoisotopic (exact) mass is 354 g/mol. The zero-order valence-corrected chi connectivity index (χ0v) is 18.3. The van der Waals surface area contributed by atoms with Gasteiger partial charge in [0.2, 0.25) is 0 Å². The molecule has 2 saturated heterocycles. The van der Waals surface area contributed by atoms with Gasteiger partial charge in [0.1, 0.15) is 0 Å². The molecule has 1 aliphatic carbocycles. The highest BCUT2D eigenvalue weighted by Gasteiger charge is 2.35. The normalized spacial score (nSPS) is 29.3. The van der Waals surface area contributed by atoms with Gasteiger partial charge < -0.3 is 9.80 Å². The smallest absolute Gasteiger partial charge is 0.0113 e. The number of nitrogens with zero attached hydrogens (tertiary/aromatic N) is 4. The Kier molecular flexibility index (Phi) is 11.2. The first-order chi connectivity index (χ1) is 12.1. The van der Waals surface area contributed by atoms with Crippen LogP contribution < -0.4 is 0 Å². The highest BCUT2D eigenvalue weighted by Crippen LogP contribution is 2.33. The van der Waals surface area contributed by atoms with Crippen LogP contribution in [0.3, 0.4) is 0 Å². The van der Waals surface area contributed by atoms with Crippen molar-refractivity contribution in [1.82, 2.24) is 19.6 Å². The van der Waals surface area contributed by atoms with Crippen molar-refractivity contribution in [2.24, 2.45) is 5.92 Å². The van der Waals surface area contributed by atoms with Crippen LogP contribution in [0.2, 0.25) is 0 Å². The maximum absolute atomic E-state index is 2.74. The van der Waals surface area contributed by atoms with Crippen LogP contribution in [0.15, 0.2) is 0 Å². The zero-order chi connectivity index (χ0) is 18.8. The molecule has 0 atom stereocenters. The standard InChI is InChI=1S/C17H34N4.2C2H6/c1-15(2)20-10-6-19(7-11-20)14-16-12-17(13-16)21-8-4-18(3)5-9-21;2*1-2/h15-17H,4-14H2,1-3H3;2*1-2H3. The lowest BCUT2D eigenvalue weighted by molar-refractivity contribution is 0.0168. The number of piperazine rings is 2. The van der Waals surface area contributed by atoms with Gasteiger partial charge in [-0.25, -0.2) is 0 Å². The molecule has 3 aliphatic rings. The Morgan fingerprint density at radius 2 is 1.28 bits per heavy atom. The molecule has 150 valence electrons. The molecule has 2 aliphatic heterocycles. The van der Waals surface area contributed by atoms with Crippen LogP contribution in [-0.2, 0) is 0 Å². The fourth-order valence-electron chi connectivity index (χ4n) is 4.16. The van der Waals surface area contributed by atoms with Crippen LogP contribution in [0.1, 0.15) is 54.4 Å². The van der Waals surface area contributed by atoms with Crippen molar-refractivity contribution in [3.05, 3.63) is 0 Å². The molecule has 25 heavy (non-hydrogen) atoms. The van der Waals surface area contributed by atoms with E-state index in [9.17, 15) is 0 Å². The molecular weight excluding hydrogens is 308 g/mol. The molecule has 0 spiro atoms. The maximum Gasteiger partial charge on any atom is 0.0113 e. The predicted octanol–water partition coefficient (Wildman–Crippen LogP) is 3.09. The van der Waals surface area contributed by atoms with Gasteiger partial charge >= 0.3 is 0 Å². The summed E-state index contributed by atoms with van der Waals surface area (Å²) in [4.78, 5) is 10.5. The van der Waals surface area contributed by atoms with Gasteiger partial charge in [-0.2, -0.15) is 0 Å². The predicted molar refractivity (Wildman–Crippen MR) is 111 cm³/mol. The van der Waals surface area contributed by atoms with Gasteiger partial charge in [0, 0.05) is 71.0 Å². The number of rotatable bonds is 4. The Balaban J connectivity index is 0.000000730. The van der Waals surface area contributed by atoms with Crippen molar-refractivity contribution in [3.63, 3.8) is 0 Å². The molecule has 0 amide bonds. The third-order valence-corrected chi connectivity index (χ3v) is 5.92. The summed E-state index contributed by atoms with van der Waals surface area (Å²) in [6.07, 6.45) is 2.90. The highest BCUT2D eigenvalue weighted by atomic mass is 15.3. The number of likely N-dealkylation sites (N-methyl/N-ethyl adjacent to an activating group) is 1. The minimum absolute atomic E-state index is 0.720. The van der Waals surface area contributed by atoms with Crippen LogP contribution in [0.25, 0.3) is 0 Å². The van der Waals surface area contributed by atoms with Crippen molar-refractivity contribution in [1.29, 1.82) is 0 Å². The van der Waals surface area contributed by atoms with Crippen LogP contribution >= 0.6 is 0 Å². The summed E-state index contributed by atoms with van der Waals surface area (Å²) < 4.78 is 0. The quantitative estimate of drug-likeness (QED) is 0.769. The second-order valence-electron chi connectivity index (χ2n) is 7.76. The van der Waals surface area contributed by atoms with Crippen molar-refractivity contribution < 1.29 is 0 Å². The first-order valence-corrected chi connectivity index (χ1v) is 11.0. The number of hydrogen-bond acceptors (Lipinski definition) is 4. The highest BCUT2D eigenvalue weighted by molar-refractivity contribution is 4.91. The topological polar surface area (TPSA) is 13.0 Å². The first-order valence-electron chi connectivity index (χ1n) is 11.0. The van der Waals surface area contributed by atoms with Gasteiger partial charge in [-0.3, -0.25) is 9.80 Å². The van der Waals surface area contributed by atoms with Gasteiger partial charge in [0.15, 0.2) is 0 Å². The third kappa shape index (κ3) is 7.16. The van der Waals surface area contributed by atoms with Crippen molar-refractivity contribution in [3.8, 4) is 0 Å². The van der Waals surface area contributed by atoms with E-state index in [1.54, 1.807) is 0 Å². The summed E-state index contributed by atoms with van der Waals surface area (Å²) in [6.45, 7) is 24.2. The van der Waals surface area contributed by atoms with Gasteiger partial charge in [0.05, 0.1) is 0 Å². The Hall–Kier alpha value is -0.160. The van der Waals surface area contributed by atoms with E-state index < -0.39 is 0 Å². The molecular formula is C21H46N4. The summed E-state index contributed by atoms with van der Waals surface area (Å²) in [6, 6.07) is 1.62. The van der Waals surface area contributed by atoms with Crippen LogP contribution in [-0.4, -0.2) is 97.6 Å². The van der Waals surface area contributed by atoms with Crippen molar-refractivity contribution in [2.45, 2.75) is 66.5 Å². The van der Waals surface area contributed by atoms with Gasteiger partial charge in [-0.1, -0.05) is 27.7 Å². The maximum atomic E-state index is 2.74. The minimum Gasteiger partial charge on any atom is -0.304 e. The molecule has 0 N–H and O–H groups in total. The molecule has 0 aromatic heterocycles. The molecule has 3 rings (SSSR count). The second kappa shape index (κ2) is 12.3. The van der Waals surface area contributed by atoms with Gasteiger partial charge in [-0.05, 0) is 39.7 Å². The fraction of sp³-hybridized carbons (Fsp3) is 1.00. The lowest BCUT2D eigenvalue weighted by Gasteiger charge is -2.48. The molecule has 3 fully saturated rings. The lowest BCUT2D eigenvalue weighted by Crippen LogP contribution is -2.56. The summed E-state index contributed by atoms with van der Waals surface area (Å²) in [5, 5.41) is 0. The van der Waals surface area contributed by atoms with E-state index in [1.165, 1.54) is 71.7 Å². The third-order valence-electron chi connectivity index (χ3n) is 5.92. The Bertz CT molecular complexity index is 312. The summed E-state index contributed by atoms with van der Waals surface area (Å²) in [7, 11) is 2.25. The molecule has 0 aromatic rings. The van der Waals surface area contributed by atoms with Crippen LogP contribution in [0.4, 0.5) is 0 Å². The Morgan fingerprint density at radius 1 is 0.760 bits per heavy atom. The molecule has 4 heteroatoms. The van der Waals surface area contributed by atoms with E-state index in [1.807, 2.05) is 27.7 Å². The Morgan fingerprint density at radius 3 is 1.76 bits per heavy atom. The van der Waals surface area contributed by atoms with Gasteiger partial charge in [-0.15, -0.1) is 0 Å². The molecule has 0 bridgehead atoms. The van der Waals surface area contributed by atoms with Crippen molar-refractivity contribution >= 4 is 0 Å². The van der Waals surface area contributed by atoms with Gasteiger partial charge in [0.25, 0.3) is 0 Å². The molecule has 2 heterocycles. The van der Waals surface area contributed by atoms with E-state index in [0.29, 0.717) is 0 Å². The lowest BCUT2D eigenvalue weighted by atomic mass is 9.78. The molecule has 0 unspecified atom stereocenters. The molecule has 0 radical (unpaired) electrons. The van der Waals surface area contributed by atoms with Crippen molar-refractivity contribution in [2.75, 3.05) is 66.0 Å². The SMILES string of the molecule is CC.CC.CC(C)N1CCN(CC2CC(N3CCN(C)CC3)C2)CC1. The average molecular weight is 355 g/mol. The zero-order valence-electron chi connectivity index (χ0n) is 18.3. The molecule has 1 saturated carbocycles. The number of hydrogen-bond donors (Lipinski definition) is 0. The summed E-state index contributed by atoms with van der Waals surface area (Å²) in [5.41, 5.74) is 0. The molecule has 4 nitrogen and oxygen atoms in total. The van der Waals surface area contributed by atoms with E-state index in [-0.39, 0.29) is 0 Å². The summed E-state index contributed by atoms with van der Waals surface area (Å²) in [5.74, 6) is 0.972. The first kappa shape index (κ1) is 22.9. The Labute approximate surface area is 158 Å². The fourth-order valence-corrected chi connectivity index (χ4v) is 4.16. The second-order valence-corrected chi connectivity index (χ2v) is 7.76. The van der Waals surface area contributed by atoms with E-state index in [0.717, 1.165) is 18.0 Å². The molecule has 0 aromatic carbocycles. The van der Waals surface area contributed by atoms with E-state index in [4.69, 9.17) is 0 Å². The summed E-state index contributed by atoms with van der Waals surface area (Å²) >= 11 is 0.